The van der Waals surface area contributed by atoms with Crippen LogP contribution in [0.15, 0.2) is 42.5 Å². The highest BCUT2D eigenvalue weighted by molar-refractivity contribution is 6.31. The third-order valence-electron chi connectivity index (χ3n) is 2.98. The van der Waals surface area contributed by atoms with Crippen LogP contribution in [-0.4, -0.2) is 18.0 Å². The number of nitrogens with two attached hydrogens (primary N) is 1. The Morgan fingerprint density at radius 2 is 1.83 bits per heavy atom. The molecule has 2 aromatic carbocycles. The molecule has 0 spiro atoms. The van der Waals surface area contributed by atoms with E-state index in [0.717, 1.165) is 0 Å². The second kappa shape index (κ2) is 7.35. The minimum atomic E-state index is -1.00. The molecule has 0 aromatic heterocycles. The Morgan fingerprint density at radius 1 is 1.13 bits per heavy atom. The van der Waals surface area contributed by atoms with Gasteiger partial charge in [-0.15, -0.1) is 0 Å². The Balaban J connectivity index is 2.01. The van der Waals surface area contributed by atoms with Crippen LogP contribution in [0, 0.1) is 0 Å². The topological polar surface area (TPSA) is 81.4 Å². The Bertz CT molecular complexity index is 750. The van der Waals surface area contributed by atoms with Gasteiger partial charge >= 0.3 is 5.97 Å². The first-order valence-electron chi connectivity index (χ1n) is 6.69. The molecule has 0 radical (unpaired) electrons. The molecule has 0 bridgehead atoms. The van der Waals surface area contributed by atoms with Crippen molar-refractivity contribution in [1.82, 2.24) is 0 Å². The van der Waals surface area contributed by atoms with Gasteiger partial charge < -0.3 is 15.8 Å². The largest absolute Gasteiger partial charge is 0.449 e. The second-order valence-electron chi connectivity index (χ2n) is 4.78. The summed E-state index contributed by atoms with van der Waals surface area (Å²) >= 11 is 11.6. The first-order valence-corrected chi connectivity index (χ1v) is 7.45. The van der Waals surface area contributed by atoms with E-state index in [1.54, 1.807) is 24.3 Å². The summed E-state index contributed by atoms with van der Waals surface area (Å²) in [5.41, 5.74) is 6.56. The van der Waals surface area contributed by atoms with Crippen LogP contribution in [0.1, 0.15) is 17.3 Å². The fraction of sp³-hybridized carbons (Fsp3) is 0.125. The van der Waals surface area contributed by atoms with Gasteiger partial charge in [0.05, 0.1) is 5.56 Å². The fourth-order valence-corrected chi connectivity index (χ4v) is 2.18. The number of nitrogen functional groups attached to an aromatic ring is 1. The lowest BCUT2D eigenvalue weighted by Crippen LogP contribution is -2.30. The summed E-state index contributed by atoms with van der Waals surface area (Å²) in [4.78, 5) is 24.1. The van der Waals surface area contributed by atoms with Crippen LogP contribution >= 0.6 is 23.2 Å². The molecule has 0 heterocycles. The van der Waals surface area contributed by atoms with Gasteiger partial charge in [-0.3, -0.25) is 4.79 Å². The van der Waals surface area contributed by atoms with E-state index in [0.29, 0.717) is 15.7 Å². The molecule has 0 saturated carbocycles. The zero-order valence-electron chi connectivity index (χ0n) is 12.2. The van der Waals surface area contributed by atoms with E-state index in [2.05, 4.69) is 5.32 Å². The number of carbonyl (C=O) groups is 2. The van der Waals surface area contributed by atoms with E-state index in [1.807, 2.05) is 0 Å². The molecule has 0 fully saturated rings. The Morgan fingerprint density at radius 3 is 2.48 bits per heavy atom. The zero-order valence-corrected chi connectivity index (χ0v) is 13.7. The van der Waals surface area contributed by atoms with Crippen molar-refractivity contribution in [3.63, 3.8) is 0 Å². The molecule has 2 rings (SSSR count). The number of anilines is 2. The fourth-order valence-electron chi connectivity index (χ4n) is 1.81. The molecule has 1 unspecified atom stereocenters. The van der Waals surface area contributed by atoms with Gasteiger partial charge in [-0.25, -0.2) is 4.79 Å². The van der Waals surface area contributed by atoms with E-state index in [9.17, 15) is 9.59 Å². The second-order valence-corrected chi connectivity index (χ2v) is 5.65. The molecule has 7 heteroatoms. The van der Waals surface area contributed by atoms with E-state index in [-0.39, 0.29) is 11.3 Å². The maximum Gasteiger partial charge on any atom is 0.341 e. The highest BCUT2D eigenvalue weighted by Crippen LogP contribution is 2.20. The van der Waals surface area contributed by atoms with Gasteiger partial charge in [0.1, 0.15) is 0 Å². The molecule has 0 aliphatic rings. The third-order valence-corrected chi connectivity index (χ3v) is 3.45. The molecule has 0 aliphatic heterocycles. The van der Waals surface area contributed by atoms with Gasteiger partial charge in [0.15, 0.2) is 6.10 Å². The minimum Gasteiger partial charge on any atom is -0.449 e. The number of benzene rings is 2. The molecule has 1 atom stereocenters. The first kappa shape index (κ1) is 17.1. The van der Waals surface area contributed by atoms with Crippen molar-refractivity contribution in [3.8, 4) is 0 Å². The van der Waals surface area contributed by atoms with Crippen LogP contribution < -0.4 is 11.1 Å². The predicted molar refractivity (Wildman–Crippen MR) is 90.8 cm³/mol. The highest BCUT2D eigenvalue weighted by Gasteiger charge is 2.20. The van der Waals surface area contributed by atoms with Crippen LogP contribution in [0.2, 0.25) is 10.0 Å². The summed E-state index contributed by atoms with van der Waals surface area (Å²) in [7, 11) is 0. The molecule has 0 aliphatic carbocycles. The number of esters is 1. The molecule has 3 N–H and O–H groups in total. The van der Waals surface area contributed by atoms with Gasteiger partial charge in [0.2, 0.25) is 0 Å². The number of hydrogen-bond acceptors (Lipinski definition) is 4. The maximum atomic E-state index is 12.1. The Hall–Kier alpha value is -2.24. The van der Waals surface area contributed by atoms with Gasteiger partial charge in [0, 0.05) is 21.4 Å². The third kappa shape index (κ3) is 4.61. The number of ether oxygens (including phenoxy) is 1. The van der Waals surface area contributed by atoms with Gasteiger partial charge in [-0.2, -0.15) is 0 Å². The van der Waals surface area contributed by atoms with Crippen LogP contribution in [0.3, 0.4) is 0 Å². The molecule has 5 nitrogen and oxygen atoms in total. The summed E-state index contributed by atoms with van der Waals surface area (Å²) in [6.45, 7) is 1.46. The number of carbonyl (C=O) groups excluding carboxylic acids is 2. The van der Waals surface area contributed by atoms with Gasteiger partial charge in [-0.1, -0.05) is 29.3 Å². The Kier molecular flexibility index (Phi) is 5.47. The standard InChI is InChI=1S/C16H14Cl2N2O3/c1-9(15(21)20-12-4-2-3-10(17)7-12)23-16(22)13-6-5-11(18)8-14(13)19/h2-9H,19H2,1H3,(H,20,21). The molecule has 1 amide bonds. The lowest BCUT2D eigenvalue weighted by atomic mass is 10.2. The number of rotatable bonds is 4. The van der Waals surface area contributed by atoms with Crippen molar-refractivity contribution >= 4 is 46.5 Å². The molecular formula is C16H14Cl2N2O3. The highest BCUT2D eigenvalue weighted by atomic mass is 35.5. The van der Waals surface area contributed by atoms with Crippen LogP contribution in [0.4, 0.5) is 11.4 Å². The normalized spacial score (nSPS) is 11.6. The quantitative estimate of drug-likeness (QED) is 0.648. The predicted octanol–water partition coefficient (Wildman–Crippen LogP) is 3.76. The summed E-state index contributed by atoms with van der Waals surface area (Å²) in [6.07, 6.45) is -1.00. The number of nitrogens with one attached hydrogen (secondary N) is 1. The van der Waals surface area contributed by atoms with E-state index in [4.69, 9.17) is 33.7 Å². The summed E-state index contributed by atoms with van der Waals surface area (Å²) in [6, 6.07) is 11.1. The first-order chi connectivity index (χ1) is 10.9. The lowest BCUT2D eigenvalue weighted by molar-refractivity contribution is -0.123. The number of halogens is 2. The van der Waals surface area contributed by atoms with E-state index >= 15 is 0 Å². The number of amides is 1. The summed E-state index contributed by atoms with van der Waals surface area (Å²) < 4.78 is 5.11. The van der Waals surface area contributed by atoms with Gasteiger partial charge in [0.25, 0.3) is 5.91 Å². The van der Waals surface area contributed by atoms with Crippen molar-refractivity contribution in [3.05, 3.63) is 58.1 Å². The van der Waals surface area contributed by atoms with Crippen LogP contribution in [-0.2, 0) is 9.53 Å². The van der Waals surface area contributed by atoms with Crippen molar-refractivity contribution in [2.24, 2.45) is 0 Å². The average Bonchev–Trinajstić information content (AvgIpc) is 2.46. The number of hydrogen-bond donors (Lipinski definition) is 2. The zero-order chi connectivity index (χ0) is 17.0. The van der Waals surface area contributed by atoms with E-state index in [1.165, 1.54) is 25.1 Å². The molecular weight excluding hydrogens is 339 g/mol. The lowest BCUT2D eigenvalue weighted by Gasteiger charge is -2.14. The van der Waals surface area contributed by atoms with Gasteiger partial charge in [-0.05, 0) is 43.3 Å². The molecule has 2 aromatic rings. The smallest absolute Gasteiger partial charge is 0.341 e. The van der Waals surface area contributed by atoms with Crippen LogP contribution in [0.25, 0.3) is 0 Å². The molecule has 0 saturated heterocycles. The van der Waals surface area contributed by atoms with Crippen molar-refractivity contribution in [1.29, 1.82) is 0 Å². The SMILES string of the molecule is CC(OC(=O)c1ccc(Cl)cc1N)C(=O)Nc1cccc(Cl)c1. The Labute approximate surface area is 143 Å². The van der Waals surface area contributed by atoms with Crippen molar-refractivity contribution in [2.45, 2.75) is 13.0 Å². The summed E-state index contributed by atoms with van der Waals surface area (Å²) in [5, 5.41) is 3.51. The van der Waals surface area contributed by atoms with E-state index < -0.39 is 18.0 Å². The molecule has 23 heavy (non-hydrogen) atoms. The van der Waals surface area contributed by atoms with Crippen LogP contribution in [0.5, 0.6) is 0 Å². The average molecular weight is 353 g/mol. The minimum absolute atomic E-state index is 0.150. The maximum absolute atomic E-state index is 12.1. The summed E-state index contributed by atoms with van der Waals surface area (Å²) in [5.74, 6) is -1.18. The molecule has 120 valence electrons. The van der Waals surface area contributed by atoms with Crippen molar-refractivity contribution in [2.75, 3.05) is 11.1 Å². The van der Waals surface area contributed by atoms with Crippen molar-refractivity contribution < 1.29 is 14.3 Å². The monoisotopic (exact) mass is 352 g/mol.